The van der Waals surface area contributed by atoms with Crippen LogP contribution in [0.25, 0.3) is 0 Å². The number of nitro groups is 1. The minimum atomic E-state index is -0.803. The Kier molecular flexibility index (Phi) is 4.21. The second-order valence-corrected chi connectivity index (χ2v) is 4.15. The Labute approximate surface area is 119 Å². The Morgan fingerprint density at radius 3 is 3.00 bits per heavy atom. The number of carbonyl (C=O) groups is 1. The number of hydrazine groups is 1. The Hall–Kier alpha value is -2.84. The number of allylic oxidation sites excluding steroid dienone is 1. The fraction of sp³-hybridized carbons (Fsp3) is 0.333. The van der Waals surface area contributed by atoms with Crippen molar-refractivity contribution < 1.29 is 19.0 Å². The normalized spacial score (nSPS) is 17.8. The summed E-state index contributed by atoms with van der Waals surface area (Å²) in [6.45, 7) is 3.51. The Bertz CT molecular complexity index is 605. The van der Waals surface area contributed by atoms with Crippen LogP contribution in [0.3, 0.4) is 0 Å². The second-order valence-electron chi connectivity index (χ2n) is 4.15. The van der Waals surface area contributed by atoms with Gasteiger partial charge in [0.05, 0.1) is 18.4 Å². The molecule has 0 amide bonds. The second kappa shape index (κ2) is 6.07. The van der Waals surface area contributed by atoms with E-state index in [1.165, 1.54) is 6.26 Å². The molecule has 9 nitrogen and oxygen atoms in total. The number of hydrogen-bond donors (Lipinski definition) is 2. The van der Waals surface area contributed by atoms with Crippen LogP contribution in [0.1, 0.15) is 25.6 Å². The molecule has 0 saturated carbocycles. The summed E-state index contributed by atoms with van der Waals surface area (Å²) in [5, 5.41) is 12.4. The standard InChI is InChI=1S/C12H14N4O5/c1-3-20-11(17)9-7(2)13-12(15-16(18)19)14-10(9)8-5-4-6-21-8/h4-6,10H,3H2,1-2H3,(H2,13,14,15)/t10-/m1/s1. The summed E-state index contributed by atoms with van der Waals surface area (Å²) in [5.74, 6) is -0.235. The summed E-state index contributed by atoms with van der Waals surface area (Å²) in [5.41, 5.74) is 2.59. The molecule has 0 aromatic carbocycles. The molecule has 2 rings (SSSR count). The molecule has 0 aliphatic carbocycles. The lowest BCUT2D eigenvalue weighted by molar-refractivity contribution is -0.525. The van der Waals surface area contributed by atoms with Crippen molar-refractivity contribution in [3.8, 4) is 0 Å². The van der Waals surface area contributed by atoms with Gasteiger partial charge < -0.3 is 14.5 Å². The maximum Gasteiger partial charge on any atom is 0.338 e. The summed E-state index contributed by atoms with van der Waals surface area (Å²) in [4.78, 5) is 26.7. The minimum Gasteiger partial charge on any atom is -0.467 e. The van der Waals surface area contributed by atoms with Crippen LogP contribution in [0, 0.1) is 10.1 Å². The topological polar surface area (TPSA) is 119 Å². The van der Waals surface area contributed by atoms with E-state index in [0.29, 0.717) is 11.5 Å². The number of nitrogens with one attached hydrogen (secondary N) is 2. The van der Waals surface area contributed by atoms with E-state index < -0.39 is 17.0 Å². The molecule has 2 N–H and O–H groups in total. The molecule has 0 bridgehead atoms. The molecule has 1 aliphatic rings. The van der Waals surface area contributed by atoms with Gasteiger partial charge in [-0.05, 0) is 26.0 Å². The van der Waals surface area contributed by atoms with Gasteiger partial charge in [-0.2, -0.15) is 0 Å². The van der Waals surface area contributed by atoms with Crippen LogP contribution in [0.2, 0.25) is 0 Å². The number of aliphatic imine (C=N–C) groups is 1. The van der Waals surface area contributed by atoms with Crippen LogP contribution in [0.5, 0.6) is 0 Å². The molecule has 0 spiro atoms. The fourth-order valence-corrected chi connectivity index (χ4v) is 1.95. The molecule has 1 aliphatic heterocycles. The first kappa shape index (κ1) is 14.6. The van der Waals surface area contributed by atoms with Crippen molar-refractivity contribution in [2.24, 2.45) is 4.99 Å². The van der Waals surface area contributed by atoms with E-state index in [4.69, 9.17) is 9.15 Å². The third-order valence-electron chi connectivity index (χ3n) is 2.75. The predicted molar refractivity (Wildman–Crippen MR) is 71.5 cm³/mol. The summed E-state index contributed by atoms with van der Waals surface area (Å²) >= 11 is 0. The first-order valence-corrected chi connectivity index (χ1v) is 6.20. The average molecular weight is 294 g/mol. The zero-order chi connectivity index (χ0) is 15.4. The van der Waals surface area contributed by atoms with Gasteiger partial charge in [0.2, 0.25) is 0 Å². The van der Waals surface area contributed by atoms with E-state index in [1.807, 2.05) is 5.43 Å². The molecule has 9 heteroatoms. The zero-order valence-corrected chi connectivity index (χ0v) is 11.5. The maximum atomic E-state index is 12.1. The molecule has 112 valence electrons. The van der Waals surface area contributed by atoms with Gasteiger partial charge >= 0.3 is 5.97 Å². The van der Waals surface area contributed by atoms with Gasteiger partial charge in [0.1, 0.15) is 11.8 Å². The average Bonchev–Trinajstić information content (AvgIpc) is 2.90. The minimum absolute atomic E-state index is 0.0769. The third kappa shape index (κ3) is 3.19. The molecule has 1 aromatic rings. The summed E-state index contributed by atoms with van der Waals surface area (Å²) in [7, 11) is 0. The summed E-state index contributed by atoms with van der Waals surface area (Å²) < 4.78 is 10.3. The molecule has 0 fully saturated rings. The van der Waals surface area contributed by atoms with Crippen molar-refractivity contribution in [2.45, 2.75) is 19.9 Å². The van der Waals surface area contributed by atoms with E-state index in [-0.39, 0.29) is 18.1 Å². The number of esters is 1. The van der Waals surface area contributed by atoms with Crippen LogP contribution in [0.4, 0.5) is 0 Å². The molecule has 0 unspecified atom stereocenters. The van der Waals surface area contributed by atoms with Gasteiger partial charge in [0.25, 0.3) is 5.96 Å². The van der Waals surface area contributed by atoms with E-state index in [2.05, 4.69) is 10.3 Å². The molecule has 1 atom stereocenters. The highest BCUT2D eigenvalue weighted by atomic mass is 16.7. The van der Waals surface area contributed by atoms with Gasteiger partial charge in [0.15, 0.2) is 5.03 Å². The molecule has 0 radical (unpaired) electrons. The summed E-state index contributed by atoms with van der Waals surface area (Å²) in [6.07, 6.45) is 1.44. The Balaban J connectivity index is 2.38. The number of nitrogens with zero attached hydrogens (tertiary/aromatic N) is 2. The SMILES string of the molecule is CCOC(=O)C1=C(C)NC(N[N+](=O)[O-])=N[C@@H]1c1ccco1. The van der Waals surface area contributed by atoms with Crippen LogP contribution < -0.4 is 10.7 Å². The highest BCUT2D eigenvalue weighted by Crippen LogP contribution is 2.31. The number of hydrogen-bond acceptors (Lipinski definition) is 7. The van der Waals surface area contributed by atoms with Gasteiger partial charge in [-0.25, -0.2) is 19.9 Å². The summed E-state index contributed by atoms with van der Waals surface area (Å²) in [6, 6.07) is 2.48. The molecular formula is C12H14N4O5. The van der Waals surface area contributed by atoms with E-state index in [0.717, 1.165) is 0 Å². The van der Waals surface area contributed by atoms with Gasteiger partial charge in [0, 0.05) is 5.70 Å². The Morgan fingerprint density at radius 1 is 1.67 bits per heavy atom. The monoisotopic (exact) mass is 294 g/mol. The number of ether oxygens (including phenoxy) is 1. The first-order chi connectivity index (χ1) is 10.0. The van der Waals surface area contributed by atoms with E-state index >= 15 is 0 Å². The molecular weight excluding hydrogens is 280 g/mol. The van der Waals surface area contributed by atoms with Crippen molar-refractivity contribution >= 4 is 11.9 Å². The van der Waals surface area contributed by atoms with E-state index in [1.54, 1.807) is 26.0 Å². The van der Waals surface area contributed by atoms with Crippen LogP contribution >= 0.6 is 0 Å². The molecule has 0 saturated heterocycles. The van der Waals surface area contributed by atoms with Gasteiger partial charge in [-0.15, -0.1) is 0 Å². The van der Waals surface area contributed by atoms with Crippen molar-refractivity contribution in [1.82, 2.24) is 10.7 Å². The molecule has 1 aromatic heterocycles. The maximum absolute atomic E-state index is 12.1. The number of guanidine groups is 1. The van der Waals surface area contributed by atoms with Crippen molar-refractivity contribution in [2.75, 3.05) is 6.61 Å². The highest BCUT2D eigenvalue weighted by Gasteiger charge is 2.32. The third-order valence-corrected chi connectivity index (χ3v) is 2.75. The Morgan fingerprint density at radius 2 is 2.43 bits per heavy atom. The van der Waals surface area contributed by atoms with Gasteiger partial charge in [-0.3, -0.25) is 0 Å². The van der Waals surface area contributed by atoms with Crippen molar-refractivity contribution in [3.63, 3.8) is 0 Å². The van der Waals surface area contributed by atoms with Gasteiger partial charge in [-0.1, -0.05) is 5.43 Å². The zero-order valence-electron chi connectivity index (χ0n) is 11.5. The quantitative estimate of drug-likeness (QED) is 0.481. The lowest BCUT2D eigenvalue weighted by Gasteiger charge is -2.22. The van der Waals surface area contributed by atoms with Crippen molar-refractivity contribution in [3.05, 3.63) is 45.5 Å². The molecule has 21 heavy (non-hydrogen) atoms. The van der Waals surface area contributed by atoms with Crippen LogP contribution in [0.15, 0.2) is 39.1 Å². The lowest BCUT2D eigenvalue weighted by atomic mass is 10.0. The number of furan rings is 1. The van der Waals surface area contributed by atoms with Crippen LogP contribution in [-0.2, 0) is 9.53 Å². The first-order valence-electron chi connectivity index (χ1n) is 6.20. The lowest BCUT2D eigenvalue weighted by Crippen LogP contribution is -2.43. The van der Waals surface area contributed by atoms with Crippen molar-refractivity contribution in [1.29, 1.82) is 0 Å². The fourth-order valence-electron chi connectivity index (χ4n) is 1.95. The van der Waals surface area contributed by atoms with E-state index in [9.17, 15) is 14.9 Å². The smallest absolute Gasteiger partial charge is 0.338 e. The number of carbonyl (C=O) groups excluding carboxylic acids is 1. The largest absolute Gasteiger partial charge is 0.467 e. The predicted octanol–water partition coefficient (Wildman–Crippen LogP) is 0.898. The molecule has 2 heterocycles. The van der Waals surface area contributed by atoms with Crippen LogP contribution in [-0.4, -0.2) is 23.6 Å². The number of rotatable bonds is 4. The highest BCUT2D eigenvalue weighted by molar-refractivity contribution is 5.94.